The minimum absolute atomic E-state index is 0.0892. The summed E-state index contributed by atoms with van der Waals surface area (Å²) in [5, 5.41) is 12.3. The Kier molecular flexibility index (Phi) is 7.79. The van der Waals surface area contributed by atoms with E-state index in [1.807, 2.05) is 0 Å². The first-order chi connectivity index (χ1) is 15.5. The molecule has 4 atom stereocenters. The molecule has 0 radical (unpaired) electrons. The highest BCUT2D eigenvalue weighted by Gasteiger charge is 2.46. The van der Waals surface area contributed by atoms with Gasteiger partial charge < -0.3 is 15.2 Å². The standard InChI is InChI=1S/C23H22BrF4NO4/c1-2-33-15-10-16(12-3-6-14(24)7-4-12)20(22(31)32)17(11-15)21(30)29-19-8-5-13(9-18(19)25)23(26,27)28/h3-9,15-17,20H,2,10-11H2,1H3,(H,29,30)(H,31,32)/t15-,16-,17-,20-/m0/s1. The maximum Gasteiger partial charge on any atom is 0.416 e. The van der Waals surface area contributed by atoms with Gasteiger partial charge in [0, 0.05) is 17.0 Å². The van der Waals surface area contributed by atoms with Crippen molar-refractivity contribution in [1.82, 2.24) is 0 Å². The lowest BCUT2D eigenvalue weighted by Crippen LogP contribution is -2.44. The molecule has 178 valence electrons. The predicted octanol–water partition coefficient (Wildman–Crippen LogP) is 5.85. The van der Waals surface area contributed by atoms with Gasteiger partial charge in [0.25, 0.3) is 0 Å². The zero-order chi connectivity index (χ0) is 24.3. The van der Waals surface area contributed by atoms with Crippen LogP contribution in [0.5, 0.6) is 0 Å². The smallest absolute Gasteiger partial charge is 0.416 e. The van der Waals surface area contributed by atoms with Gasteiger partial charge >= 0.3 is 12.1 Å². The molecule has 33 heavy (non-hydrogen) atoms. The summed E-state index contributed by atoms with van der Waals surface area (Å²) in [5.41, 5.74) is -0.921. The molecule has 1 fully saturated rings. The highest BCUT2D eigenvalue weighted by molar-refractivity contribution is 9.10. The van der Waals surface area contributed by atoms with E-state index < -0.39 is 59.0 Å². The van der Waals surface area contributed by atoms with Gasteiger partial charge in [-0.15, -0.1) is 0 Å². The fourth-order valence-electron chi connectivity index (χ4n) is 4.29. The predicted molar refractivity (Wildman–Crippen MR) is 116 cm³/mol. The average molecular weight is 532 g/mol. The Morgan fingerprint density at radius 1 is 1.15 bits per heavy atom. The zero-order valence-electron chi connectivity index (χ0n) is 17.5. The molecule has 3 rings (SSSR count). The summed E-state index contributed by atoms with van der Waals surface area (Å²) in [6.45, 7) is 2.14. The number of rotatable bonds is 6. The third kappa shape index (κ3) is 5.92. The quantitative estimate of drug-likeness (QED) is 0.459. The van der Waals surface area contributed by atoms with Gasteiger partial charge in [0.1, 0.15) is 5.82 Å². The third-order valence-corrected chi connectivity index (χ3v) is 6.31. The van der Waals surface area contributed by atoms with Gasteiger partial charge in [0.15, 0.2) is 0 Å². The molecule has 0 bridgehead atoms. The number of ether oxygens (including phenoxy) is 1. The van der Waals surface area contributed by atoms with Crippen LogP contribution in [0.1, 0.15) is 36.8 Å². The van der Waals surface area contributed by atoms with Crippen LogP contribution in [0.2, 0.25) is 0 Å². The van der Waals surface area contributed by atoms with Crippen molar-refractivity contribution in [1.29, 1.82) is 0 Å². The minimum Gasteiger partial charge on any atom is -0.481 e. The summed E-state index contributed by atoms with van der Waals surface area (Å²) in [4.78, 5) is 25.3. The van der Waals surface area contributed by atoms with E-state index in [-0.39, 0.29) is 6.42 Å². The molecule has 0 spiro atoms. The van der Waals surface area contributed by atoms with E-state index >= 15 is 0 Å². The second kappa shape index (κ2) is 10.2. The number of carboxylic acids is 1. The summed E-state index contributed by atoms with van der Waals surface area (Å²) in [7, 11) is 0. The Hall–Kier alpha value is -2.46. The van der Waals surface area contributed by atoms with E-state index in [0.717, 1.165) is 10.5 Å². The lowest BCUT2D eigenvalue weighted by Gasteiger charge is -2.39. The first-order valence-electron chi connectivity index (χ1n) is 10.3. The molecule has 2 aromatic rings. The number of amides is 1. The number of hydrogen-bond donors (Lipinski definition) is 2. The first-order valence-corrected chi connectivity index (χ1v) is 11.1. The fraction of sp³-hybridized carbons (Fsp3) is 0.391. The summed E-state index contributed by atoms with van der Waals surface area (Å²) < 4.78 is 59.2. The Bertz CT molecular complexity index is 1010. The van der Waals surface area contributed by atoms with Crippen LogP contribution in [0.4, 0.5) is 23.2 Å². The van der Waals surface area contributed by atoms with Crippen LogP contribution in [0.3, 0.4) is 0 Å². The largest absolute Gasteiger partial charge is 0.481 e. The molecule has 0 aliphatic heterocycles. The van der Waals surface area contributed by atoms with Crippen molar-refractivity contribution in [2.75, 3.05) is 11.9 Å². The van der Waals surface area contributed by atoms with Crippen molar-refractivity contribution < 1.29 is 37.0 Å². The van der Waals surface area contributed by atoms with E-state index in [4.69, 9.17) is 4.74 Å². The normalized spacial score (nSPS) is 23.2. The summed E-state index contributed by atoms with van der Waals surface area (Å²) in [6, 6.07) is 8.84. The second-order valence-electron chi connectivity index (χ2n) is 7.86. The van der Waals surface area contributed by atoms with Gasteiger partial charge in [-0.1, -0.05) is 28.1 Å². The Morgan fingerprint density at radius 3 is 2.36 bits per heavy atom. The number of halogens is 5. The maximum atomic E-state index is 14.3. The van der Waals surface area contributed by atoms with Crippen LogP contribution in [0, 0.1) is 17.7 Å². The van der Waals surface area contributed by atoms with Crippen LogP contribution in [-0.2, 0) is 20.5 Å². The van der Waals surface area contributed by atoms with Crippen LogP contribution < -0.4 is 5.32 Å². The van der Waals surface area contributed by atoms with Crippen LogP contribution >= 0.6 is 15.9 Å². The summed E-state index contributed by atoms with van der Waals surface area (Å²) >= 11 is 3.34. The molecular weight excluding hydrogens is 510 g/mol. The molecule has 1 saturated carbocycles. The Labute approximate surface area is 196 Å². The van der Waals surface area contributed by atoms with Crippen LogP contribution in [0.15, 0.2) is 46.9 Å². The van der Waals surface area contributed by atoms with Gasteiger partial charge in [-0.05, 0) is 55.7 Å². The molecule has 1 aliphatic rings. The molecule has 0 heterocycles. The van der Waals surface area contributed by atoms with Gasteiger partial charge in [-0.3, -0.25) is 9.59 Å². The number of anilines is 1. The number of carboxylic acid groups (broad SMARTS) is 1. The van der Waals surface area contributed by atoms with E-state index in [2.05, 4.69) is 21.2 Å². The first kappa shape index (κ1) is 25.2. The number of benzene rings is 2. The SMILES string of the molecule is CCO[C@@H]1C[C@H](C(=O)Nc2ccc(C(F)(F)F)cc2F)[C@@H](C(=O)O)[C@H](c2ccc(Br)cc2)C1. The Balaban J connectivity index is 1.91. The molecule has 2 N–H and O–H groups in total. The number of carbonyl (C=O) groups is 2. The molecule has 1 aliphatic carbocycles. The van der Waals surface area contributed by atoms with Crippen molar-refractivity contribution >= 4 is 33.5 Å². The van der Waals surface area contributed by atoms with Crippen molar-refractivity contribution in [2.24, 2.45) is 11.8 Å². The number of alkyl halides is 3. The monoisotopic (exact) mass is 531 g/mol. The van der Waals surface area contributed by atoms with Crippen molar-refractivity contribution in [3.05, 3.63) is 63.9 Å². The molecular formula is C23H22BrF4NO4. The molecule has 2 aromatic carbocycles. The Morgan fingerprint density at radius 2 is 1.82 bits per heavy atom. The van der Waals surface area contributed by atoms with Gasteiger partial charge in [-0.25, -0.2) is 4.39 Å². The summed E-state index contributed by atoms with van der Waals surface area (Å²) in [5.74, 6) is -5.98. The lowest BCUT2D eigenvalue weighted by molar-refractivity contribution is -0.151. The van der Waals surface area contributed by atoms with E-state index in [9.17, 15) is 32.3 Å². The van der Waals surface area contributed by atoms with Gasteiger partial charge in [-0.2, -0.15) is 13.2 Å². The number of aliphatic carboxylic acids is 1. The van der Waals surface area contributed by atoms with Crippen molar-refractivity contribution in [2.45, 2.75) is 38.0 Å². The molecule has 1 amide bonds. The topological polar surface area (TPSA) is 75.6 Å². The second-order valence-corrected chi connectivity index (χ2v) is 8.77. The van der Waals surface area contributed by atoms with E-state index in [1.54, 1.807) is 31.2 Å². The average Bonchev–Trinajstić information content (AvgIpc) is 2.74. The van der Waals surface area contributed by atoms with E-state index in [0.29, 0.717) is 30.7 Å². The number of carbonyl (C=O) groups excluding carboxylic acids is 1. The number of nitrogens with one attached hydrogen (secondary N) is 1. The molecule has 0 saturated heterocycles. The van der Waals surface area contributed by atoms with Gasteiger partial charge in [0.2, 0.25) is 5.91 Å². The molecule has 0 unspecified atom stereocenters. The van der Waals surface area contributed by atoms with Crippen LogP contribution in [-0.4, -0.2) is 29.7 Å². The fourth-order valence-corrected chi connectivity index (χ4v) is 4.56. The summed E-state index contributed by atoms with van der Waals surface area (Å²) in [6.07, 6.45) is -4.67. The third-order valence-electron chi connectivity index (χ3n) is 5.78. The molecule has 0 aromatic heterocycles. The van der Waals surface area contributed by atoms with Crippen molar-refractivity contribution in [3.8, 4) is 0 Å². The van der Waals surface area contributed by atoms with Gasteiger partial charge in [0.05, 0.1) is 29.2 Å². The lowest BCUT2D eigenvalue weighted by atomic mass is 9.68. The van der Waals surface area contributed by atoms with Crippen molar-refractivity contribution in [3.63, 3.8) is 0 Å². The molecule has 5 nitrogen and oxygen atoms in total. The highest BCUT2D eigenvalue weighted by atomic mass is 79.9. The van der Waals surface area contributed by atoms with Crippen LogP contribution in [0.25, 0.3) is 0 Å². The highest BCUT2D eigenvalue weighted by Crippen LogP contribution is 2.43. The van der Waals surface area contributed by atoms with E-state index in [1.165, 1.54) is 0 Å². The zero-order valence-corrected chi connectivity index (χ0v) is 19.1. The maximum absolute atomic E-state index is 14.3. The molecule has 10 heteroatoms. The minimum atomic E-state index is -4.73. The number of hydrogen-bond acceptors (Lipinski definition) is 3.